The standard InChI is InChI=1S/C18H16N2O4S/c1-12-4-3-5-16(17(12)20(21)22)24-10-14-11-25-18(19-14)13-6-8-15(23-2)9-7-13/h3-9,11H,10H2,1-2H3. The predicted molar refractivity (Wildman–Crippen MR) is 96.3 cm³/mol. The minimum Gasteiger partial charge on any atom is -0.497 e. The Labute approximate surface area is 148 Å². The van der Waals surface area contributed by atoms with Crippen LogP contribution in [-0.4, -0.2) is 17.0 Å². The summed E-state index contributed by atoms with van der Waals surface area (Å²) in [5.41, 5.74) is 2.28. The molecule has 1 heterocycles. The largest absolute Gasteiger partial charge is 0.497 e. The number of nitro groups is 1. The van der Waals surface area contributed by atoms with Gasteiger partial charge in [0.2, 0.25) is 0 Å². The zero-order valence-electron chi connectivity index (χ0n) is 13.8. The zero-order valence-corrected chi connectivity index (χ0v) is 14.6. The van der Waals surface area contributed by atoms with E-state index in [0.717, 1.165) is 22.0 Å². The number of benzene rings is 2. The summed E-state index contributed by atoms with van der Waals surface area (Å²) in [7, 11) is 1.62. The van der Waals surface area contributed by atoms with Crippen molar-refractivity contribution in [2.24, 2.45) is 0 Å². The van der Waals surface area contributed by atoms with Crippen molar-refractivity contribution in [3.63, 3.8) is 0 Å². The summed E-state index contributed by atoms with van der Waals surface area (Å²) in [5.74, 6) is 1.04. The fourth-order valence-corrected chi connectivity index (χ4v) is 3.18. The summed E-state index contributed by atoms with van der Waals surface area (Å²) in [6.45, 7) is 1.87. The molecular formula is C18H16N2O4S. The third-order valence-electron chi connectivity index (χ3n) is 3.65. The van der Waals surface area contributed by atoms with E-state index in [9.17, 15) is 10.1 Å². The topological polar surface area (TPSA) is 74.5 Å². The molecule has 6 nitrogen and oxygen atoms in total. The van der Waals surface area contributed by atoms with Crippen molar-refractivity contribution in [3.05, 3.63) is 69.2 Å². The number of para-hydroxylation sites is 1. The van der Waals surface area contributed by atoms with E-state index in [2.05, 4.69) is 4.98 Å². The second-order valence-corrected chi connectivity index (χ2v) is 6.20. The quantitative estimate of drug-likeness (QED) is 0.476. The number of nitro benzene ring substituents is 1. The summed E-state index contributed by atoms with van der Waals surface area (Å²) in [4.78, 5) is 15.3. The smallest absolute Gasteiger partial charge is 0.313 e. The van der Waals surface area contributed by atoms with E-state index in [0.29, 0.717) is 5.56 Å². The van der Waals surface area contributed by atoms with E-state index in [-0.39, 0.29) is 18.0 Å². The maximum atomic E-state index is 11.2. The molecule has 0 unspecified atom stereocenters. The highest BCUT2D eigenvalue weighted by molar-refractivity contribution is 7.13. The average Bonchev–Trinajstić information content (AvgIpc) is 3.08. The second kappa shape index (κ2) is 7.31. The Morgan fingerprint density at radius 2 is 1.96 bits per heavy atom. The number of aromatic nitrogens is 1. The SMILES string of the molecule is COc1ccc(-c2nc(COc3cccc(C)c3[N+](=O)[O-])cs2)cc1. The molecule has 0 aliphatic carbocycles. The minimum absolute atomic E-state index is 0.00638. The maximum absolute atomic E-state index is 11.2. The Hall–Kier alpha value is -2.93. The highest BCUT2D eigenvalue weighted by atomic mass is 32.1. The van der Waals surface area contributed by atoms with Gasteiger partial charge >= 0.3 is 5.69 Å². The lowest BCUT2D eigenvalue weighted by atomic mass is 10.2. The first-order valence-corrected chi connectivity index (χ1v) is 8.42. The third kappa shape index (κ3) is 3.77. The van der Waals surface area contributed by atoms with Crippen LogP contribution < -0.4 is 9.47 Å². The molecule has 0 fully saturated rings. The highest BCUT2D eigenvalue weighted by Crippen LogP contribution is 2.31. The lowest BCUT2D eigenvalue weighted by Crippen LogP contribution is -2.00. The highest BCUT2D eigenvalue weighted by Gasteiger charge is 2.18. The molecule has 25 heavy (non-hydrogen) atoms. The Morgan fingerprint density at radius 3 is 2.64 bits per heavy atom. The van der Waals surface area contributed by atoms with Gasteiger partial charge in [-0.2, -0.15) is 0 Å². The molecule has 0 aliphatic rings. The van der Waals surface area contributed by atoms with Gasteiger partial charge in [0.25, 0.3) is 0 Å². The summed E-state index contributed by atoms with van der Waals surface area (Å²) < 4.78 is 10.8. The van der Waals surface area contributed by atoms with Crippen molar-refractivity contribution < 1.29 is 14.4 Å². The Balaban J connectivity index is 1.74. The van der Waals surface area contributed by atoms with E-state index < -0.39 is 4.92 Å². The van der Waals surface area contributed by atoms with Gasteiger partial charge in [-0.05, 0) is 37.3 Å². The van der Waals surface area contributed by atoms with Crippen molar-refractivity contribution in [3.8, 4) is 22.1 Å². The second-order valence-electron chi connectivity index (χ2n) is 5.34. The molecule has 128 valence electrons. The number of hydrogen-bond acceptors (Lipinski definition) is 6. The van der Waals surface area contributed by atoms with Crippen LogP contribution in [0, 0.1) is 17.0 Å². The normalized spacial score (nSPS) is 10.5. The van der Waals surface area contributed by atoms with Crippen LogP contribution in [0.5, 0.6) is 11.5 Å². The van der Waals surface area contributed by atoms with Gasteiger partial charge in [-0.15, -0.1) is 11.3 Å². The molecule has 0 bridgehead atoms. The van der Waals surface area contributed by atoms with Crippen molar-refractivity contribution in [1.29, 1.82) is 0 Å². The molecule has 0 saturated carbocycles. The average molecular weight is 356 g/mol. The van der Waals surface area contributed by atoms with Gasteiger partial charge < -0.3 is 9.47 Å². The molecular weight excluding hydrogens is 340 g/mol. The molecule has 2 aromatic carbocycles. The van der Waals surface area contributed by atoms with Gasteiger partial charge in [0.1, 0.15) is 17.4 Å². The van der Waals surface area contributed by atoms with Crippen molar-refractivity contribution >= 4 is 17.0 Å². The van der Waals surface area contributed by atoms with Gasteiger partial charge in [0.15, 0.2) is 5.75 Å². The van der Waals surface area contributed by atoms with Crippen LogP contribution >= 0.6 is 11.3 Å². The summed E-state index contributed by atoms with van der Waals surface area (Å²) in [5, 5.41) is 13.9. The van der Waals surface area contributed by atoms with Gasteiger partial charge in [-0.3, -0.25) is 10.1 Å². The van der Waals surface area contributed by atoms with Crippen LogP contribution in [-0.2, 0) is 6.61 Å². The van der Waals surface area contributed by atoms with Crippen molar-refractivity contribution in [2.75, 3.05) is 7.11 Å². The number of thiazole rings is 1. The van der Waals surface area contributed by atoms with Crippen LogP contribution in [0.4, 0.5) is 5.69 Å². The van der Waals surface area contributed by atoms with E-state index in [4.69, 9.17) is 9.47 Å². The maximum Gasteiger partial charge on any atom is 0.313 e. The number of methoxy groups -OCH3 is 1. The van der Waals surface area contributed by atoms with Crippen LogP contribution in [0.3, 0.4) is 0 Å². The van der Waals surface area contributed by atoms with E-state index in [1.54, 1.807) is 32.2 Å². The summed E-state index contributed by atoms with van der Waals surface area (Å²) in [6, 6.07) is 12.7. The monoisotopic (exact) mass is 356 g/mol. The molecule has 0 spiro atoms. The number of rotatable bonds is 6. The van der Waals surface area contributed by atoms with E-state index >= 15 is 0 Å². The van der Waals surface area contributed by atoms with Gasteiger partial charge in [-0.25, -0.2) is 4.98 Å². The zero-order chi connectivity index (χ0) is 17.8. The number of nitrogens with zero attached hydrogens (tertiary/aromatic N) is 2. The fraction of sp³-hybridized carbons (Fsp3) is 0.167. The van der Waals surface area contributed by atoms with Crippen molar-refractivity contribution in [2.45, 2.75) is 13.5 Å². The fourth-order valence-electron chi connectivity index (χ4n) is 2.37. The van der Waals surface area contributed by atoms with Crippen LogP contribution in [0.25, 0.3) is 10.6 Å². The molecule has 0 N–H and O–H groups in total. The molecule has 0 atom stereocenters. The number of hydrogen-bond donors (Lipinski definition) is 0. The van der Waals surface area contributed by atoms with Crippen molar-refractivity contribution in [1.82, 2.24) is 4.98 Å². The van der Waals surface area contributed by atoms with Crippen LogP contribution in [0.1, 0.15) is 11.3 Å². The van der Waals surface area contributed by atoms with E-state index in [1.807, 2.05) is 29.6 Å². The Morgan fingerprint density at radius 1 is 1.20 bits per heavy atom. The van der Waals surface area contributed by atoms with Crippen LogP contribution in [0.15, 0.2) is 47.8 Å². The first kappa shape index (κ1) is 16.9. The predicted octanol–water partition coefficient (Wildman–Crippen LogP) is 4.61. The molecule has 1 aromatic heterocycles. The van der Waals surface area contributed by atoms with Gasteiger partial charge in [0.05, 0.1) is 17.7 Å². The first-order chi connectivity index (χ1) is 12.1. The third-order valence-corrected chi connectivity index (χ3v) is 4.59. The lowest BCUT2D eigenvalue weighted by molar-refractivity contribution is -0.386. The molecule has 3 aromatic rings. The van der Waals surface area contributed by atoms with Gasteiger partial charge in [-0.1, -0.05) is 12.1 Å². The summed E-state index contributed by atoms with van der Waals surface area (Å²) >= 11 is 1.50. The number of ether oxygens (including phenoxy) is 2. The molecule has 0 aliphatic heterocycles. The molecule has 0 saturated heterocycles. The van der Waals surface area contributed by atoms with Gasteiger partial charge in [0, 0.05) is 16.5 Å². The minimum atomic E-state index is -0.422. The molecule has 0 radical (unpaired) electrons. The van der Waals surface area contributed by atoms with Crippen LogP contribution in [0.2, 0.25) is 0 Å². The lowest BCUT2D eigenvalue weighted by Gasteiger charge is -2.06. The summed E-state index contributed by atoms with van der Waals surface area (Å²) in [6.07, 6.45) is 0. The molecule has 0 amide bonds. The molecule has 3 rings (SSSR count). The van der Waals surface area contributed by atoms with E-state index in [1.165, 1.54) is 11.3 Å². The Bertz CT molecular complexity index is 890. The molecule has 7 heteroatoms. The first-order valence-electron chi connectivity index (χ1n) is 7.54. The number of aryl methyl sites for hydroxylation is 1. The Kier molecular flexibility index (Phi) is 4.95.